The molecule has 1 atom stereocenters. The van der Waals surface area contributed by atoms with Gasteiger partial charge in [0.25, 0.3) is 0 Å². The van der Waals surface area contributed by atoms with E-state index in [1.54, 1.807) is 18.3 Å². The number of benzene rings is 1. The van der Waals surface area contributed by atoms with Gasteiger partial charge in [0.2, 0.25) is 0 Å². The van der Waals surface area contributed by atoms with E-state index in [9.17, 15) is 5.11 Å². The molecule has 0 radical (unpaired) electrons. The molecule has 2 nitrogen and oxygen atoms in total. The lowest BCUT2D eigenvalue weighted by Gasteiger charge is -2.08. The van der Waals surface area contributed by atoms with E-state index < -0.39 is 6.10 Å². The molecule has 1 aromatic carbocycles. The Labute approximate surface area is 113 Å². The molecule has 1 heterocycles. The lowest BCUT2D eigenvalue weighted by molar-refractivity contribution is 0.198. The standard InChI is InChI=1S/C13H13BrO2S/c1-9(15)10-3-2-4-11(7-10)16-8-12-5-6-13(14)17-12/h2-7,9,15H,8H2,1H3. The minimum absolute atomic E-state index is 0.463. The summed E-state index contributed by atoms with van der Waals surface area (Å²) < 4.78 is 6.78. The maximum atomic E-state index is 9.48. The fourth-order valence-electron chi connectivity index (χ4n) is 1.45. The number of hydrogen-bond acceptors (Lipinski definition) is 3. The number of thiophene rings is 1. The molecular weight excluding hydrogens is 300 g/mol. The van der Waals surface area contributed by atoms with Crippen molar-refractivity contribution in [2.45, 2.75) is 19.6 Å². The molecule has 4 heteroatoms. The molecule has 0 saturated heterocycles. The quantitative estimate of drug-likeness (QED) is 0.919. The summed E-state index contributed by atoms with van der Waals surface area (Å²) in [4.78, 5) is 1.17. The van der Waals surface area contributed by atoms with Gasteiger partial charge in [-0.2, -0.15) is 0 Å². The molecule has 2 rings (SSSR count). The molecule has 90 valence electrons. The van der Waals surface area contributed by atoms with E-state index in [0.717, 1.165) is 15.1 Å². The first kappa shape index (κ1) is 12.6. The first-order chi connectivity index (χ1) is 8.15. The van der Waals surface area contributed by atoms with Gasteiger partial charge >= 0.3 is 0 Å². The molecule has 17 heavy (non-hydrogen) atoms. The van der Waals surface area contributed by atoms with Crippen LogP contribution in [0.5, 0.6) is 5.75 Å². The second-order valence-electron chi connectivity index (χ2n) is 3.74. The van der Waals surface area contributed by atoms with Crippen LogP contribution in [-0.4, -0.2) is 5.11 Å². The molecule has 0 amide bonds. The molecule has 0 fully saturated rings. The summed E-state index contributed by atoms with van der Waals surface area (Å²) in [6.07, 6.45) is -0.463. The van der Waals surface area contributed by atoms with Crippen molar-refractivity contribution < 1.29 is 9.84 Å². The van der Waals surface area contributed by atoms with E-state index in [2.05, 4.69) is 15.9 Å². The van der Waals surface area contributed by atoms with E-state index in [4.69, 9.17) is 4.74 Å². The van der Waals surface area contributed by atoms with Crippen molar-refractivity contribution in [1.29, 1.82) is 0 Å². The van der Waals surface area contributed by atoms with Crippen molar-refractivity contribution in [2.75, 3.05) is 0 Å². The Morgan fingerprint density at radius 1 is 1.35 bits per heavy atom. The second kappa shape index (κ2) is 5.67. The van der Waals surface area contributed by atoms with Crippen LogP contribution >= 0.6 is 27.3 Å². The van der Waals surface area contributed by atoms with Crippen molar-refractivity contribution >= 4 is 27.3 Å². The van der Waals surface area contributed by atoms with Gasteiger partial charge in [-0.05, 0) is 52.7 Å². The van der Waals surface area contributed by atoms with Crippen LogP contribution in [-0.2, 0) is 6.61 Å². The van der Waals surface area contributed by atoms with Gasteiger partial charge in [0.15, 0.2) is 0 Å². The van der Waals surface area contributed by atoms with Crippen molar-refractivity contribution in [2.24, 2.45) is 0 Å². The SMILES string of the molecule is CC(O)c1cccc(OCc2ccc(Br)s2)c1. The van der Waals surface area contributed by atoms with Gasteiger partial charge in [-0.3, -0.25) is 0 Å². The average Bonchev–Trinajstić information content (AvgIpc) is 2.73. The summed E-state index contributed by atoms with van der Waals surface area (Å²) in [5.41, 5.74) is 0.870. The Bertz CT molecular complexity index is 494. The number of halogens is 1. The van der Waals surface area contributed by atoms with Crippen LogP contribution in [0.1, 0.15) is 23.5 Å². The first-order valence-corrected chi connectivity index (χ1v) is 6.91. The van der Waals surface area contributed by atoms with Crippen molar-refractivity contribution in [3.63, 3.8) is 0 Å². The molecule has 1 N–H and O–H groups in total. The van der Waals surface area contributed by atoms with Gasteiger partial charge in [0.1, 0.15) is 12.4 Å². The van der Waals surface area contributed by atoms with Crippen molar-refractivity contribution in [3.8, 4) is 5.75 Å². The van der Waals surface area contributed by atoms with Crippen LogP contribution in [0.15, 0.2) is 40.2 Å². The van der Waals surface area contributed by atoms with Crippen LogP contribution in [0.25, 0.3) is 0 Å². The van der Waals surface area contributed by atoms with Gasteiger partial charge in [-0.15, -0.1) is 11.3 Å². The zero-order valence-corrected chi connectivity index (χ0v) is 11.8. The summed E-state index contributed by atoms with van der Waals surface area (Å²) in [6.45, 7) is 2.30. The summed E-state index contributed by atoms with van der Waals surface area (Å²) in [6, 6.07) is 11.6. The monoisotopic (exact) mass is 312 g/mol. The molecule has 0 aliphatic rings. The fourth-order valence-corrected chi connectivity index (χ4v) is 2.84. The molecule has 0 saturated carbocycles. The lowest BCUT2D eigenvalue weighted by Crippen LogP contribution is -1.95. The number of hydrogen-bond donors (Lipinski definition) is 1. The van der Waals surface area contributed by atoms with E-state index >= 15 is 0 Å². The van der Waals surface area contributed by atoms with Crippen molar-refractivity contribution in [1.82, 2.24) is 0 Å². The van der Waals surface area contributed by atoms with Gasteiger partial charge in [0, 0.05) is 4.88 Å². The Morgan fingerprint density at radius 3 is 2.82 bits per heavy atom. The molecule has 2 aromatic rings. The van der Waals surface area contributed by atoms with Gasteiger partial charge in [0.05, 0.1) is 9.89 Å². The minimum Gasteiger partial charge on any atom is -0.488 e. The molecule has 1 aromatic heterocycles. The highest BCUT2D eigenvalue weighted by Gasteiger charge is 2.03. The Morgan fingerprint density at radius 2 is 2.18 bits per heavy atom. The average molecular weight is 313 g/mol. The van der Waals surface area contributed by atoms with Crippen LogP contribution in [0.2, 0.25) is 0 Å². The van der Waals surface area contributed by atoms with Gasteiger partial charge in [-0.1, -0.05) is 12.1 Å². The first-order valence-electron chi connectivity index (χ1n) is 5.30. The molecule has 0 bridgehead atoms. The summed E-state index contributed by atoms with van der Waals surface area (Å²) in [7, 11) is 0. The number of aliphatic hydroxyl groups is 1. The smallest absolute Gasteiger partial charge is 0.122 e. The Hall–Kier alpha value is -0.840. The predicted octanol–water partition coefficient (Wildman–Crippen LogP) is 4.14. The molecule has 1 unspecified atom stereocenters. The molecule has 0 spiro atoms. The van der Waals surface area contributed by atoms with Crippen LogP contribution in [0.4, 0.5) is 0 Å². The lowest BCUT2D eigenvalue weighted by atomic mass is 10.1. The third-order valence-corrected chi connectivity index (χ3v) is 3.95. The normalized spacial score (nSPS) is 12.4. The van der Waals surface area contributed by atoms with E-state index in [0.29, 0.717) is 6.61 Å². The van der Waals surface area contributed by atoms with Gasteiger partial charge < -0.3 is 9.84 Å². The largest absolute Gasteiger partial charge is 0.488 e. The van der Waals surface area contributed by atoms with E-state index in [-0.39, 0.29) is 0 Å². The highest BCUT2D eigenvalue weighted by Crippen LogP contribution is 2.24. The summed E-state index contributed by atoms with van der Waals surface area (Å²) in [5.74, 6) is 0.785. The summed E-state index contributed by atoms with van der Waals surface area (Å²) >= 11 is 5.08. The van der Waals surface area contributed by atoms with Crippen LogP contribution < -0.4 is 4.74 Å². The number of aliphatic hydroxyl groups excluding tert-OH is 1. The zero-order valence-electron chi connectivity index (χ0n) is 9.39. The molecule has 0 aliphatic carbocycles. The topological polar surface area (TPSA) is 29.5 Å². The molecule has 0 aliphatic heterocycles. The van der Waals surface area contributed by atoms with E-state index in [1.807, 2.05) is 36.4 Å². The third kappa shape index (κ3) is 3.56. The minimum atomic E-state index is -0.463. The highest BCUT2D eigenvalue weighted by molar-refractivity contribution is 9.11. The highest BCUT2D eigenvalue weighted by atomic mass is 79.9. The third-order valence-electron chi connectivity index (χ3n) is 2.35. The Kier molecular flexibility index (Phi) is 4.20. The Balaban J connectivity index is 2.01. The van der Waals surface area contributed by atoms with Crippen LogP contribution in [0, 0.1) is 0 Å². The maximum absolute atomic E-state index is 9.48. The van der Waals surface area contributed by atoms with E-state index in [1.165, 1.54) is 4.88 Å². The van der Waals surface area contributed by atoms with Crippen LogP contribution in [0.3, 0.4) is 0 Å². The van der Waals surface area contributed by atoms with Gasteiger partial charge in [-0.25, -0.2) is 0 Å². The zero-order chi connectivity index (χ0) is 12.3. The second-order valence-corrected chi connectivity index (χ2v) is 6.29. The number of rotatable bonds is 4. The molecular formula is C13H13BrO2S. The fraction of sp³-hybridized carbons (Fsp3) is 0.231. The number of ether oxygens (including phenoxy) is 1. The predicted molar refractivity (Wildman–Crippen MR) is 73.4 cm³/mol. The summed E-state index contributed by atoms with van der Waals surface area (Å²) in [5, 5.41) is 9.48. The van der Waals surface area contributed by atoms with Crippen molar-refractivity contribution in [3.05, 3.63) is 50.6 Å². The maximum Gasteiger partial charge on any atom is 0.122 e.